The summed E-state index contributed by atoms with van der Waals surface area (Å²) in [6.07, 6.45) is 3.51. The van der Waals surface area contributed by atoms with Crippen molar-refractivity contribution in [3.05, 3.63) is 77.7 Å². The van der Waals surface area contributed by atoms with E-state index in [9.17, 15) is 14.0 Å². The molecule has 1 fully saturated rings. The van der Waals surface area contributed by atoms with Crippen molar-refractivity contribution in [3.8, 4) is 11.3 Å². The van der Waals surface area contributed by atoms with Gasteiger partial charge in [0.2, 0.25) is 0 Å². The van der Waals surface area contributed by atoms with Gasteiger partial charge in [0, 0.05) is 24.3 Å². The number of carboxylic acid groups (broad SMARTS) is 1. The molecule has 1 saturated heterocycles. The fourth-order valence-corrected chi connectivity index (χ4v) is 4.27. The zero-order chi connectivity index (χ0) is 24.9. The van der Waals surface area contributed by atoms with Crippen LogP contribution in [0.1, 0.15) is 48.5 Å². The minimum Gasteiger partial charge on any atom is -0.478 e. The summed E-state index contributed by atoms with van der Waals surface area (Å²) in [7, 11) is 0. The first-order chi connectivity index (χ1) is 16.8. The highest BCUT2D eigenvalue weighted by atomic mass is 19.1. The molecular weight excluding hydrogens is 447 g/mol. The smallest absolute Gasteiger partial charge is 0.335 e. The number of hydrogen-bond acceptors (Lipinski definition) is 4. The topological polar surface area (TPSA) is 94.6 Å². The highest BCUT2D eigenvalue weighted by Gasteiger charge is 2.28. The maximum absolute atomic E-state index is 14.3. The number of amides is 2. The van der Waals surface area contributed by atoms with Crippen LogP contribution in [0.4, 0.5) is 20.6 Å². The van der Waals surface area contributed by atoms with Crippen molar-refractivity contribution in [2.45, 2.75) is 38.6 Å². The summed E-state index contributed by atoms with van der Waals surface area (Å²) in [4.78, 5) is 30.1. The van der Waals surface area contributed by atoms with Crippen molar-refractivity contribution in [1.82, 2.24) is 9.88 Å². The van der Waals surface area contributed by atoms with Gasteiger partial charge in [0.25, 0.3) is 0 Å². The lowest BCUT2D eigenvalue weighted by atomic mass is 10.0. The van der Waals surface area contributed by atoms with Gasteiger partial charge < -0.3 is 20.6 Å². The van der Waals surface area contributed by atoms with E-state index in [0.29, 0.717) is 24.3 Å². The van der Waals surface area contributed by atoms with Crippen LogP contribution in [0.25, 0.3) is 11.3 Å². The summed E-state index contributed by atoms with van der Waals surface area (Å²) in [6, 6.07) is 15.0. The summed E-state index contributed by atoms with van der Waals surface area (Å²) >= 11 is 0. The first-order valence-corrected chi connectivity index (χ1v) is 11.7. The van der Waals surface area contributed by atoms with E-state index in [2.05, 4.69) is 15.6 Å². The minimum absolute atomic E-state index is 0.0121. The minimum atomic E-state index is -0.963. The number of rotatable bonds is 7. The third-order valence-electron chi connectivity index (χ3n) is 6.24. The van der Waals surface area contributed by atoms with Gasteiger partial charge in [-0.1, -0.05) is 32.0 Å². The lowest BCUT2D eigenvalue weighted by Crippen LogP contribution is -2.42. The highest BCUT2D eigenvalue weighted by molar-refractivity contribution is 5.90. The largest absolute Gasteiger partial charge is 0.478 e. The van der Waals surface area contributed by atoms with Crippen molar-refractivity contribution in [2.24, 2.45) is 0 Å². The molecule has 35 heavy (non-hydrogen) atoms. The van der Waals surface area contributed by atoms with Crippen LogP contribution in [0, 0.1) is 5.82 Å². The van der Waals surface area contributed by atoms with Gasteiger partial charge in [-0.3, -0.25) is 4.98 Å². The molecule has 0 saturated carbocycles. The van der Waals surface area contributed by atoms with Crippen molar-refractivity contribution in [3.63, 3.8) is 0 Å². The van der Waals surface area contributed by atoms with Crippen LogP contribution in [0.15, 0.2) is 60.8 Å². The monoisotopic (exact) mass is 476 g/mol. The van der Waals surface area contributed by atoms with Crippen LogP contribution in [0.2, 0.25) is 0 Å². The number of carbonyl (C=O) groups excluding carboxylic acids is 1. The Morgan fingerprint density at radius 2 is 1.86 bits per heavy atom. The van der Waals surface area contributed by atoms with Gasteiger partial charge in [-0.15, -0.1) is 0 Å². The Morgan fingerprint density at radius 3 is 2.49 bits per heavy atom. The Morgan fingerprint density at radius 1 is 1.11 bits per heavy atom. The van der Waals surface area contributed by atoms with Crippen molar-refractivity contribution >= 4 is 23.4 Å². The summed E-state index contributed by atoms with van der Waals surface area (Å²) in [6.45, 7) is 5.08. The van der Waals surface area contributed by atoms with Gasteiger partial charge in [0.05, 0.1) is 29.2 Å². The molecule has 1 aliphatic rings. The number of nitrogens with one attached hydrogen (secondary N) is 2. The maximum atomic E-state index is 14.3. The molecule has 8 heteroatoms. The predicted molar refractivity (Wildman–Crippen MR) is 134 cm³/mol. The van der Waals surface area contributed by atoms with E-state index in [4.69, 9.17) is 5.11 Å². The number of hydrogen-bond donors (Lipinski definition) is 3. The Bertz CT molecular complexity index is 1200. The molecular formula is C27H29FN4O3. The van der Waals surface area contributed by atoms with Crippen molar-refractivity contribution in [1.29, 1.82) is 0 Å². The van der Waals surface area contributed by atoms with E-state index in [1.54, 1.807) is 47.5 Å². The highest BCUT2D eigenvalue weighted by Crippen LogP contribution is 2.24. The van der Waals surface area contributed by atoms with Crippen LogP contribution < -0.4 is 10.6 Å². The Kier molecular flexibility index (Phi) is 7.29. The molecule has 3 aromatic rings. The number of urea groups is 1. The summed E-state index contributed by atoms with van der Waals surface area (Å²) in [5.74, 6) is -1.20. The van der Waals surface area contributed by atoms with Gasteiger partial charge in [-0.2, -0.15) is 0 Å². The Balaban J connectivity index is 1.34. The number of aromatic nitrogens is 1. The fraction of sp³-hybridized carbons (Fsp3) is 0.296. The van der Waals surface area contributed by atoms with Crippen LogP contribution >= 0.6 is 0 Å². The number of pyridine rings is 1. The molecule has 7 nitrogen and oxygen atoms in total. The second-order valence-corrected chi connectivity index (χ2v) is 9.01. The molecule has 0 unspecified atom stereocenters. The van der Waals surface area contributed by atoms with E-state index >= 15 is 0 Å². The predicted octanol–water partition coefficient (Wildman–Crippen LogP) is 5.82. The summed E-state index contributed by atoms with van der Waals surface area (Å²) in [5, 5.41) is 15.2. The number of aromatic carboxylic acids is 1. The van der Waals surface area contributed by atoms with Crippen LogP contribution in [0.3, 0.4) is 0 Å². The number of carbonyl (C=O) groups is 2. The van der Waals surface area contributed by atoms with Gasteiger partial charge in [-0.25, -0.2) is 14.0 Å². The molecule has 1 atom stereocenters. The number of benzene rings is 2. The number of likely N-dealkylation sites (tertiary alicyclic amines) is 1. The van der Waals surface area contributed by atoms with E-state index in [1.165, 1.54) is 6.07 Å². The van der Waals surface area contributed by atoms with E-state index in [1.807, 2.05) is 26.0 Å². The van der Waals surface area contributed by atoms with Crippen molar-refractivity contribution in [2.75, 3.05) is 23.7 Å². The van der Waals surface area contributed by atoms with E-state index < -0.39 is 5.97 Å². The molecule has 1 aliphatic heterocycles. The SMILES string of the molecule is CC(C)c1ccc(NC(=O)N2CCC[C@@H]2CNc2ccc(-c3ccc(C(=O)O)cc3)nc2)cc1F. The molecule has 2 amide bonds. The molecule has 0 bridgehead atoms. The Hall–Kier alpha value is -3.94. The molecule has 2 heterocycles. The maximum Gasteiger partial charge on any atom is 0.335 e. The van der Waals surface area contributed by atoms with E-state index in [-0.39, 0.29) is 29.4 Å². The quantitative estimate of drug-likeness (QED) is 0.400. The zero-order valence-electron chi connectivity index (χ0n) is 19.8. The first-order valence-electron chi connectivity index (χ1n) is 11.7. The first kappa shape index (κ1) is 24.2. The number of anilines is 2. The molecule has 3 N–H and O–H groups in total. The van der Waals surface area contributed by atoms with Crippen LogP contribution in [-0.4, -0.2) is 46.1 Å². The van der Waals surface area contributed by atoms with Gasteiger partial charge in [0.1, 0.15) is 5.82 Å². The Labute approximate surface area is 204 Å². The molecule has 1 aromatic heterocycles. The molecule has 182 valence electrons. The molecule has 4 rings (SSSR count). The molecule has 0 spiro atoms. The third kappa shape index (κ3) is 5.77. The number of halogens is 1. The van der Waals surface area contributed by atoms with Crippen LogP contribution in [-0.2, 0) is 0 Å². The number of nitrogens with zero attached hydrogens (tertiary/aromatic N) is 2. The summed E-state index contributed by atoms with van der Waals surface area (Å²) in [5.41, 5.74) is 3.71. The molecule has 2 aromatic carbocycles. The van der Waals surface area contributed by atoms with Gasteiger partial charge in [0.15, 0.2) is 0 Å². The fourth-order valence-electron chi connectivity index (χ4n) is 4.27. The number of carboxylic acids is 1. The van der Waals surface area contributed by atoms with Gasteiger partial charge >= 0.3 is 12.0 Å². The van der Waals surface area contributed by atoms with Crippen molar-refractivity contribution < 1.29 is 19.1 Å². The standard InChI is InChI=1S/C27H29FN4O3/c1-17(2)23-11-9-20(14-24(23)28)31-27(35)32-13-3-4-22(32)16-29-21-10-12-25(30-15-21)18-5-7-19(8-6-18)26(33)34/h5-12,14-15,17,22,29H,3-4,13,16H2,1-2H3,(H,31,35)(H,33,34)/t22-/m1/s1. The molecule has 0 radical (unpaired) electrons. The normalized spacial score (nSPS) is 15.3. The zero-order valence-corrected chi connectivity index (χ0v) is 19.8. The second-order valence-electron chi connectivity index (χ2n) is 9.01. The second kappa shape index (κ2) is 10.5. The van der Waals surface area contributed by atoms with Gasteiger partial charge in [-0.05, 0) is 60.7 Å². The average molecular weight is 477 g/mol. The van der Waals surface area contributed by atoms with E-state index in [0.717, 1.165) is 29.8 Å². The average Bonchev–Trinajstić information content (AvgIpc) is 3.32. The third-order valence-corrected chi connectivity index (χ3v) is 6.24. The lowest BCUT2D eigenvalue weighted by molar-refractivity contribution is 0.0697. The summed E-state index contributed by atoms with van der Waals surface area (Å²) < 4.78 is 14.3. The lowest BCUT2D eigenvalue weighted by Gasteiger charge is -2.25. The molecule has 0 aliphatic carbocycles. The van der Waals surface area contributed by atoms with Crippen LogP contribution in [0.5, 0.6) is 0 Å².